The summed E-state index contributed by atoms with van der Waals surface area (Å²) in [5.74, 6) is -1.47. The van der Waals surface area contributed by atoms with Gasteiger partial charge in [0.1, 0.15) is 0 Å². The molecule has 9 nitrogen and oxygen atoms in total. The average Bonchev–Trinajstić information content (AvgIpc) is 3.08. The Labute approximate surface area is 173 Å². The van der Waals surface area contributed by atoms with Crippen molar-refractivity contribution in [2.24, 2.45) is 11.8 Å². The Kier molecular flexibility index (Phi) is 7.52. The number of unbranched alkanes of at least 4 members (excludes halogenated alkanes) is 2. The molecule has 2 heterocycles. The van der Waals surface area contributed by atoms with Gasteiger partial charge in [0.05, 0.1) is 0 Å². The van der Waals surface area contributed by atoms with E-state index in [4.69, 9.17) is 13.6 Å². The normalized spacial score (nSPS) is 26.3. The molecule has 0 aromatic rings. The van der Waals surface area contributed by atoms with Crippen LogP contribution >= 0.6 is 7.59 Å². The van der Waals surface area contributed by atoms with Gasteiger partial charge in [-0.1, -0.05) is 0 Å². The summed E-state index contributed by atoms with van der Waals surface area (Å²) in [6, 6.07) is -1.49. The molecule has 2 aliphatic heterocycles. The van der Waals surface area contributed by atoms with Crippen LogP contribution in [0, 0.1) is 11.8 Å². The number of rotatable bonds is 9. The Bertz CT molecular complexity index is 597. The summed E-state index contributed by atoms with van der Waals surface area (Å²) in [6.07, 6.45) is 2.82. The van der Waals surface area contributed by atoms with E-state index in [-0.39, 0.29) is 11.8 Å². The third-order valence-electron chi connectivity index (χ3n) is 5.14. The van der Waals surface area contributed by atoms with Crippen LogP contribution in [0.15, 0.2) is 0 Å². The van der Waals surface area contributed by atoms with Crippen LogP contribution in [0.25, 0.3) is 0 Å². The second kappa shape index (κ2) is 9.14. The molecule has 0 saturated carbocycles. The van der Waals surface area contributed by atoms with Crippen LogP contribution in [0.1, 0.15) is 67.2 Å². The summed E-state index contributed by atoms with van der Waals surface area (Å²) in [7, 11) is -4.69. The molecule has 1 spiro atoms. The molecule has 2 atom stereocenters. The fourth-order valence-electron chi connectivity index (χ4n) is 3.31. The van der Waals surface area contributed by atoms with E-state index >= 15 is 0 Å². The van der Waals surface area contributed by atoms with Crippen LogP contribution in [-0.2, 0) is 23.2 Å². The zero-order chi connectivity index (χ0) is 21.8. The summed E-state index contributed by atoms with van der Waals surface area (Å²) in [4.78, 5) is 39.8. The molecule has 10 heteroatoms. The van der Waals surface area contributed by atoms with E-state index in [0.717, 1.165) is 25.7 Å². The molecule has 2 N–H and O–H groups in total. The van der Waals surface area contributed by atoms with E-state index in [0.29, 0.717) is 13.1 Å². The SMILES string of the molecule is CCCCN(CCCC)C(=O)OP12(NC(C(C)C)C(=O)O1)NC(C(C)C)C(=O)O2. The van der Waals surface area contributed by atoms with Gasteiger partial charge >= 0.3 is 173 Å². The fraction of sp³-hybridized carbons (Fsp3) is 0.842. The molecule has 1 amide bonds. The first-order chi connectivity index (χ1) is 13.6. The van der Waals surface area contributed by atoms with Gasteiger partial charge in [-0.05, 0) is 0 Å². The maximum absolute atomic E-state index is 13.1. The monoisotopic (exact) mass is 433 g/mol. The quantitative estimate of drug-likeness (QED) is 0.532. The fourth-order valence-corrected chi connectivity index (χ4v) is 6.86. The van der Waals surface area contributed by atoms with Crippen LogP contribution in [-0.4, -0.2) is 48.1 Å². The molecule has 0 radical (unpaired) electrons. The van der Waals surface area contributed by atoms with E-state index < -0.39 is 37.7 Å². The van der Waals surface area contributed by atoms with Crippen molar-refractivity contribution >= 4 is 25.6 Å². The number of nitrogens with one attached hydrogen (secondary N) is 2. The van der Waals surface area contributed by atoms with E-state index in [1.165, 1.54) is 0 Å². The van der Waals surface area contributed by atoms with Gasteiger partial charge in [0.25, 0.3) is 0 Å². The van der Waals surface area contributed by atoms with Gasteiger partial charge in [-0.3, -0.25) is 0 Å². The van der Waals surface area contributed by atoms with Crippen molar-refractivity contribution in [3.05, 3.63) is 0 Å². The Morgan fingerprint density at radius 3 is 1.69 bits per heavy atom. The molecule has 2 fully saturated rings. The second-order valence-corrected chi connectivity index (χ2v) is 11.3. The van der Waals surface area contributed by atoms with E-state index in [2.05, 4.69) is 10.2 Å². The van der Waals surface area contributed by atoms with Crippen LogP contribution in [0.5, 0.6) is 0 Å². The molecular formula is C19H36N3O6P. The zero-order valence-corrected chi connectivity index (χ0v) is 19.3. The molecule has 29 heavy (non-hydrogen) atoms. The minimum atomic E-state index is -4.69. The standard InChI is InChI=1S/C19H36N3O6P/c1-7-9-11-22(12-10-8-2)19(25)28-29(20-15(13(3)4)17(23)26-29)21-16(14(5)6)18(24)27-29/h13-16,20-21H,7-12H2,1-6H3. The van der Waals surface area contributed by atoms with Crippen molar-refractivity contribution in [2.45, 2.75) is 79.3 Å². The molecule has 0 aromatic carbocycles. The Morgan fingerprint density at radius 2 is 1.38 bits per heavy atom. The van der Waals surface area contributed by atoms with Crippen molar-refractivity contribution < 1.29 is 28.0 Å². The summed E-state index contributed by atoms with van der Waals surface area (Å²) < 4.78 is 17.0. The zero-order valence-electron chi connectivity index (χ0n) is 18.4. The van der Waals surface area contributed by atoms with Gasteiger partial charge in [-0.15, -0.1) is 0 Å². The van der Waals surface area contributed by atoms with Gasteiger partial charge < -0.3 is 0 Å². The molecule has 2 unspecified atom stereocenters. The molecule has 0 aliphatic carbocycles. The van der Waals surface area contributed by atoms with E-state index in [9.17, 15) is 14.4 Å². The Balaban J connectivity index is 2.35. The van der Waals surface area contributed by atoms with Crippen molar-refractivity contribution in [3.8, 4) is 0 Å². The molecule has 0 aromatic heterocycles. The van der Waals surface area contributed by atoms with Crippen molar-refractivity contribution in [1.82, 2.24) is 15.1 Å². The van der Waals surface area contributed by atoms with Gasteiger partial charge in [0.2, 0.25) is 0 Å². The third kappa shape index (κ3) is 5.01. The predicted molar refractivity (Wildman–Crippen MR) is 110 cm³/mol. The van der Waals surface area contributed by atoms with Crippen LogP contribution < -0.4 is 10.2 Å². The third-order valence-corrected chi connectivity index (χ3v) is 8.10. The van der Waals surface area contributed by atoms with E-state index in [1.807, 2.05) is 41.5 Å². The van der Waals surface area contributed by atoms with Crippen molar-refractivity contribution in [1.29, 1.82) is 0 Å². The number of amides is 1. The summed E-state index contributed by atoms with van der Waals surface area (Å²) in [6.45, 7) is 12.5. The predicted octanol–water partition coefficient (Wildman–Crippen LogP) is 3.50. The number of hydrogen-bond donors (Lipinski definition) is 2. The minimum absolute atomic E-state index is 0.141. The van der Waals surface area contributed by atoms with Gasteiger partial charge in [0.15, 0.2) is 0 Å². The number of carbonyl (C=O) groups excluding carboxylic acids is 3. The Morgan fingerprint density at radius 1 is 0.966 bits per heavy atom. The molecule has 0 bridgehead atoms. The van der Waals surface area contributed by atoms with Crippen molar-refractivity contribution in [2.75, 3.05) is 13.1 Å². The summed E-state index contributed by atoms with van der Waals surface area (Å²) in [5.41, 5.74) is 0. The van der Waals surface area contributed by atoms with Gasteiger partial charge in [0, 0.05) is 0 Å². The van der Waals surface area contributed by atoms with Crippen LogP contribution in [0.3, 0.4) is 0 Å². The number of carbonyl (C=O) groups is 3. The van der Waals surface area contributed by atoms with Crippen LogP contribution in [0.4, 0.5) is 4.79 Å². The topological polar surface area (TPSA) is 106 Å². The summed E-state index contributed by atoms with van der Waals surface area (Å²) >= 11 is 0. The summed E-state index contributed by atoms with van der Waals surface area (Å²) in [5, 5.41) is 5.95. The Hall–Kier alpha value is -1.44. The molecule has 2 rings (SSSR count). The first-order valence-electron chi connectivity index (χ1n) is 10.6. The number of hydrogen-bond acceptors (Lipinski definition) is 8. The number of nitrogens with zero attached hydrogens (tertiary/aromatic N) is 1. The first-order valence-corrected chi connectivity index (χ1v) is 12.6. The van der Waals surface area contributed by atoms with Crippen LogP contribution in [0.2, 0.25) is 0 Å². The van der Waals surface area contributed by atoms with E-state index in [1.54, 1.807) is 4.90 Å². The van der Waals surface area contributed by atoms with Gasteiger partial charge in [-0.25, -0.2) is 0 Å². The van der Waals surface area contributed by atoms with Crippen molar-refractivity contribution in [3.63, 3.8) is 0 Å². The molecular weight excluding hydrogens is 397 g/mol. The second-order valence-electron chi connectivity index (χ2n) is 8.46. The molecule has 2 saturated heterocycles. The molecule has 168 valence electrons. The maximum atomic E-state index is 13.1. The first kappa shape index (κ1) is 23.8. The average molecular weight is 433 g/mol. The molecule has 2 aliphatic rings. The van der Waals surface area contributed by atoms with Gasteiger partial charge in [-0.2, -0.15) is 0 Å².